The Labute approximate surface area is 199 Å². The quantitative estimate of drug-likeness (QED) is 0.541. The van der Waals surface area contributed by atoms with Crippen molar-refractivity contribution in [3.63, 3.8) is 0 Å². The van der Waals surface area contributed by atoms with Crippen molar-refractivity contribution in [2.45, 2.75) is 52.7 Å². The lowest BCUT2D eigenvalue weighted by Crippen LogP contribution is -2.43. The van der Waals surface area contributed by atoms with E-state index in [4.69, 9.17) is 9.72 Å². The number of hydrogen-bond donors (Lipinski definition) is 0. The van der Waals surface area contributed by atoms with E-state index in [2.05, 4.69) is 4.57 Å². The zero-order valence-electron chi connectivity index (χ0n) is 20.5. The fourth-order valence-electron chi connectivity index (χ4n) is 4.58. The molecule has 8 nitrogen and oxygen atoms in total. The standard InChI is InChI=1S/C26H32N4O4/c1-17-11-20(15-28(5)24(17)32)23-27-21-9-8-18(16-31)12-22(21)30(23)14-19-7-6-10-29(13-19)25(33)34-26(2,3)4/h8-9,11-12,15-16,19H,6-7,10,13-14H2,1-5H3. The number of likely N-dealkylation sites (tertiary alicyclic amines) is 1. The first kappa shape index (κ1) is 23.7. The lowest BCUT2D eigenvalue weighted by molar-refractivity contribution is 0.0158. The summed E-state index contributed by atoms with van der Waals surface area (Å²) in [4.78, 5) is 43.0. The molecule has 180 valence electrons. The number of ether oxygens (including phenoxy) is 1. The summed E-state index contributed by atoms with van der Waals surface area (Å²) in [6, 6.07) is 7.31. The summed E-state index contributed by atoms with van der Waals surface area (Å²) in [6.45, 7) is 9.31. The van der Waals surface area contributed by atoms with Crippen molar-refractivity contribution in [2.75, 3.05) is 13.1 Å². The van der Waals surface area contributed by atoms with Crippen molar-refractivity contribution < 1.29 is 14.3 Å². The fourth-order valence-corrected chi connectivity index (χ4v) is 4.58. The third kappa shape index (κ3) is 4.90. The van der Waals surface area contributed by atoms with Gasteiger partial charge in [-0.3, -0.25) is 9.59 Å². The molecule has 8 heteroatoms. The molecule has 1 saturated heterocycles. The van der Waals surface area contributed by atoms with E-state index < -0.39 is 5.60 Å². The number of nitrogens with zero attached hydrogens (tertiary/aromatic N) is 4. The van der Waals surface area contributed by atoms with Gasteiger partial charge in [0.15, 0.2) is 0 Å². The molecule has 1 aliphatic rings. The van der Waals surface area contributed by atoms with E-state index in [1.165, 1.54) is 0 Å². The molecule has 1 aliphatic heterocycles. The average molecular weight is 465 g/mol. The van der Waals surface area contributed by atoms with Gasteiger partial charge in [0.05, 0.1) is 11.0 Å². The van der Waals surface area contributed by atoms with Crippen LogP contribution in [-0.4, -0.2) is 50.1 Å². The average Bonchev–Trinajstić information content (AvgIpc) is 3.13. The third-order valence-electron chi connectivity index (χ3n) is 6.14. The van der Waals surface area contributed by atoms with E-state index in [1.807, 2.05) is 39.0 Å². The van der Waals surface area contributed by atoms with Gasteiger partial charge in [-0.1, -0.05) is 0 Å². The van der Waals surface area contributed by atoms with Crippen LogP contribution in [0, 0.1) is 12.8 Å². The van der Waals surface area contributed by atoms with Gasteiger partial charge in [-0.25, -0.2) is 9.78 Å². The smallest absolute Gasteiger partial charge is 0.410 e. The molecule has 1 atom stereocenters. The zero-order chi connectivity index (χ0) is 24.6. The summed E-state index contributed by atoms with van der Waals surface area (Å²) in [6.07, 6.45) is 4.20. The highest BCUT2D eigenvalue weighted by molar-refractivity contribution is 5.87. The largest absolute Gasteiger partial charge is 0.444 e. The Morgan fingerprint density at radius 1 is 1.26 bits per heavy atom. The van der Waals surface area contributed by atoms with Crippen LogP contribution in [0.25, 0.3) is 22.4 Å². The van der Waals surface area contributed by atoms with Crippen molar-refractivity contribution in [1.82, 2.24) is 19.0 Å². The highest BCUT2D eigenvalue weighted by atomic mass is 16.6. The molecule has 1 fully saturated rings. The maximum atomic E-state index is 12.7. The minimum absolute atomic E-state index is 0.0464. The van der Waals surface area contributed by atoms with E-state index >= 15 is 0 Å². The van der Waals surface area contributed by atoms with Gasteiger partial charge in [0.25, 0.3) is 5.56 Å². The minimum atomic E-state index is -0.538. The zero-order valence-corrected chi connectivity index (χ0v) is 20.5. The number of hydrogen-bond acceptors (Lipinski definition) is 5. The topological polar surface area (TPSA) is 86.4 Å². The molecule has 1 aromatic carbocycles. The molecule has 1 amide bonds. The van der Waals surface area contributed by atoms with Crippen molar-refractivity contribution in [3.05, 3.63) is 51.9 Å². The Morgan fingerprint density at radius 3 is 2.71 bits per heavy atom. The Kier molecular flexibility index (Phi) is 6.34. The SMILES string of the molecule is Cc1cc(-c2nc3ccc(C=O)cc3n2CC2CCCN(C(=O)OC(C)(C)C)C2)cn(C)c1=O. The molecule has 4 rings (SSSR count). The first-order valence-corrected chi connectivity index (χ1v) is 11.7. The van der Waals surface area contributed by atoms with Crippen LogP contribution in [0.2, 0.25) is 0 Å². The minimum Gasteiger partial charge on any atom is -0.444 e. The first-order chi connectivity index (χ1) is 16.1. The predicted octanol–water partition coefficient (Wildman–Crippen LogP) is 4.17. The number of benzene rings is 1. The number of fused-ring (bicyclic) bond motifs is 1. The fraction of sp³-hybridized carbons (Fsp3) is 0.462. The summed E-state index contributed by atoms with van der Waals surface area (Å²) >= 11 is 0. The van der Waals surface area contributed by atoms with E-state index in [9.17, 15) is 14.4 Å². The predicted molar refractivity (Wildman–Crippen MR) is 131 cm³/mol. The monoisotopic (exact) mass is 464 g/mol. The normalized spacial score (nSPS) is 16.6. The van der Waals surface area contributed by atoms with Crippen LogP contribution >= 0.6 is 0 Å². The van der Waals surface area contributed by atoms with Crippen molar-refractivity contribution in [3.8, 4) is 11.4 Å². The second-order valence-electron chi connectivity index (χ2n) is 10.2. The molecular formula is C26H32N4O4. The number of piperidine rings is 1. The molecule has 34 heavy (non-hydrogen) atoms. The molecule has 0 aliphatic carbocycles. The van der Waals surface area contributed by atoms with Crippen LogP contribution in [0.15, 0.2) is 35.3 Å². The van der Waals surface area contributed by atoms with Crippen molar-refractivity contribution in [2.24, 2.45) is 13.0 Å². The Morgan fingerprint density at radius 2 is 2.03 bits per heavy atom. The number of aromatic nitrogens is 3. The molecule has 0 bridgehead atoms. The lowest BCUT2D eigenvalue weighted by atomic mass is 9.98. The van der Waals surface area contributed by atoms with E-state index in [1.54, 1.807) is 35.7 Å². The molecule has 0 radical (unpaired) electrons. The summed E-state index contributed by atoms with van der Waals surface area (Å²) in [5, 5.41) is 0. The maximum absolute atomic E-state index is 12.7. The molecule has 1 unspecified atom stereocenters. The maximum Gasteiger partial charge on any atom is 0.410 e. The highest BCUT2D eigenvalue weighted by Gasteiger charge is 2.29. The van der Waals surface area contributed by atoms with Gasteiger partial charge in [0.1, 0.15) is 17.7 Å². The van der Waals surface area contributed by atoms with Crippen LogP contribution in [0.5, 0.6) is 0 Å². The number of aldehydes is 1. The Hall–Kier alpha value is -3.42. The molecular weight excluding hydrogens is 432 g/mol. The number of carbonyl (C=O) groups excluding carboxylic acids is 2. The van der Waals surface area contributed by atoms with Crippen LogP contribution in [0.4, 0.5) is 4.79 Å². The van der Waals surface area contributed by atoms with Gasteiger partial charge in [-0.05, 0) is 70.7 Å². The van der Waals surface area contributed by atoms with Gasteiger partial charge in [-0.15, -0.1) is 0 Å². The number of aryl methyl sites for hydroxylation is 2. The van der Waals surface area contributed by atoms with Crippen LogP contribution in [0.3, 0.4) is 0 Å². The second-order valence-corrected chi connectivity index (χ2v) is 10.2. The molecule has 3 aromatic rings. The number of pyridine rings is 1. The summed E-state index contributed by atoms with van der Waals surface area (Å²) in [7, 11) is 1.73. The lowest BCUT2D eigenvalue weighted by Gasteiger charge is -2.34. The van der Waals surface area contributed by atoms with Crippen LogP contribution in [0.1, 0.15) is 49.5 Å². The Balaban J connectivity index is 1.72. The number of carbonyl (C=O) groups is 2. The van der Waals surface area contributed by atoms with Crippen LogP contribution < -0.4 is 5.56 Å². The molecule has 3 heterocycles. The van der Waals surface area contributed by atoms with E-state index in [0.29, 0.717) is 30.8 Å². The molecule has 0 saturated carbocycles. The third-order valence-corrected chi connectivity index (χ3v) is 6.14. The van der Waals surface area contributed by atoms with Crippen molar-refractivity contribution in [1.29, 1.82) is 0 Å². The summed E-state index contributed by atoms with van der Waals surface area (Å²) < 4.78 is 9.27. The number of imidazole rings is 1. The number of amides is 1. The molecule has 2 aromatic heterocycles. The van der Waals surface area contributed by atoms with Gasteiger partial charge in [0.2, 0.25) is 0 Å². The Bertz CT molecular complexity index is 1270. The summed E-state index contributed by atoms with van der Waals surface area (Å²) in [5.74, 6) is 0.942. The first-order valence-electron chi connectivity index (χ1n) is 11.7. The van der Waals surface area contributed by atoms with Crippen LogP contribution in [-0.2, 0) is 18.3 Å². The highest BCUT2D eigenvalue weighted by Crippen LogP contribution is 2.29. The van der Waals surface area contributed by atoms with Gasteiger partial charge in [-0.2, -0.15) is 0 Å². The van der Waals surface area contributed by atoms with Gasteiger partial charge in [0, 0.05) is 49.6 Å². The number of rotatable bonds is 4. The van der Waals surface area contributed by atoms with E-state index in [-0.39, 0.29) is 17.6 Å². The van der Waals surface area contributed by atoms with Gasteiger partial charge >= 0.3 is 6.09 Å². The van der Waals surface area contributed by atoms with Crippen molar-refractivity contribution >= 4 is 23.4 Å². The molecule has 0 N–H and O–H groups in total. The van der Waals surface area contributed by atoms with E-state index in [0.717, 1.165) is 41.5 Å². The van der Waals surface area contributed by atoms with Gasteiger partial charge < -0.3 is 18.8 Å². The molecule has 0 spiro atoms. The second kappa shape index (κ2) is 9.08. The summed E-state index contributed by atoms with van der Waals surface area (Å²) in [5.41, 5.74) is 3.12.